The van der Waals surface area contributed by atoms with Gasteiger partial charge in [0.05, 0.1) is 20.0 Å². The van der Waals surface area contributed by atoms with Gasteiger partial charge in [-0.05, 0) is 48.9 Å². The van der Waals surface area contributed by atoms with Gasteiger partial charge in [0.25, 0.3) is 10.0 Å². The Balaban J connectivity index is 1.59. The minimum Gasteiger partial charge on any atom is -0.312 e. The van der Waals surface area contributed by atoms with Crippen molar-refractivity contribution in [3.05, 3.63) is 42.5 Å². The number of anilines is 2. The van der Waals surface area contributed by atoms with E-state index in [2.05, 4.69) is 9.71 Å². The first-order chi connectivity index (χ1) is 13.6. The number of benzene rings is 2. The second-order valence-corrected chi connectivity index (χ2v) is 11.4. The molecule has 29 heavy (non-hydrogen) atoms. The molecule has 0 saturated carbocycles. The average molecular weight is 452 g/mol. The van der Waals surface area contributed by atoms with Crippen LogP contribution in [0.5, 0.6) is 0 Å². The molecule has 1 fully saturated rings. The zero-order valence-electron chi connectivity index (χ0n) is 15.3. The maximum Gasteiger partial charge on any atom is 0.263 e. The van der Waals surface area contributed by atoms with Gasteiger partial charge < -0.3 is 4.90 Å². The molecule has 1 saturated heterocycles. The molecule has 0 radical (unpaired) electrons. The quantitative estimate of drug-likeness (QED) is 0.638. The molecule has 2 aromatic carbocycles. The summed E-state index contributed by atoms with van der Waals surface area (Å²) in [5.41, 5.74) is 1.17. The maximum atomic E-state index is 12.7. The van der Waals surface area contributed by atoms with Gasteiger partial charge in [-0.1, -0.05) is 11.3 Å². The number of sulfonamides is 1. The van der Waals surface area contributed by atoms with Crippen molar-refractivity contribution in [3.63, 3.8) is 0 Å². The molecule has 2 heterocycles. The van der Waals surface area contributed by atoms with E-state index in [9.17, 15) is 21.6 Å². The van der Waals surface area contributed by atoms with Crippen LogP contribution in [0.4, 0.5) is 10.8 Å². The number of nitrogens with one attached hydrogen (secondary N) is 1. The van der Waals surface area contributed by atoms with E-state index in [1.165, 1.54) is 24.3 Å². The summed E-state index contributed by atoms with van der Waals surface area (Å²) in [5, 5.41) is 0.143. The summed E-state index contributed by atoms with van der Waals surface area (Å²) in [5.74, 6) is 0.0293. The molecular formula is C18H17N3O5S3. The lowest BCUT2D eigenvalue weighted by molar-refractivity contribution is -0.117. The first-order valence-electron chi connectivity index (χ1n) is 8.67. The van der Waals surface area contributed by atoms with E-state index in [1.54, 1.807) is 23.1 Å². The van der Waals surface area contributed by atoms with E-state index >= 15 is 0 Å². The van der Waals surface area contributed by atoms with Crippen LogP contribution in [0.3, 0.4) is 0 Å². The van der Waals surface area contributed by atoms with Crippen LogP contribution in [0.15, 0.2) is 52.3 Å². The Morgan fingerprint density at radius 2 is 1.72 bits per heavy atom. The summed E-state index contributed by atoms with van der Waals surface area (Å²) in [4.78, 5) is 17.9. The van der Waals surface area contributed by atoms with Crippen LogP contribution in [0.1, 0.15) is 12.8 Å². The van der Waals surface area contributed by atoms with Gasteiger partial charge in [0, 0.05) is 24.9 Å². The molecular weight excluding hydrogens is 434 g/mol. The van der Waals surface area contributed by atoms with Crippen molar-refractivity contribution < 1.29 is 21.6 Å². The van der Waals surface area contributed by atoms with E-state index in [-0.39, 0.29) is 20.8 Å². The topological polar surface area (TPSA) is 114 Å². The third kappa shape index (κ3) is 3.98. The third-order valence-electron chi connectivity index (χ3n) is 4.54. The number of carbonyl (C=O) groups excluding carboxylic acids is 1. The van der Waals surface area contributed by atoms with Gasteiger partial charge in [-0.25, -0.2) is 21.8 Å². The summed E-state index contributed by atoms with van der Waals surface area (Å²) in [6.07, 6.45) is 2.40. The van der Waals surface area contributed by atoms with Crippen molar-refractivity contribution >= 4 is 58.1 Å². The molecule has 1 amide bonds. The molecule has 152 valence electrons. The molecule has 1 N–H and O–H groups in total. The predicted molar refractivity (Wildman–Crippen MR) is 112 cm³/mol. The van der Waals surface area contributed by atoms with Gasteiger partial charge >= 0.3 is 0 Å². The second kappa shape index (κ2) is 7.08. The summed E-state index contributed by atoms with van der Waals surface area (Å²) in [6, 6.07) is 10.6. The summed E-state index contributed by atoms with van der Waals surface area (Å²) in [7, 11) is -7.24. The number of carbonyl (C=O) groups is 1. The number of rotatable bonds is 5. The number of aromatic nitrogens is 1. The third-order valence-corrected chi connectivity index (χ3v) is 8.07. The largest absolute Gasteiger partial charge is 0.312 e. The molecule has 0 unspecified atom stereocenters. The van der Waals surface area contributed by atoms with Crippen molar-refractivity contribution in [2.75, 3.05) is 22.4 Å². The molecule has 1 aliphatic heterocycles. The van der Waals surface area contributed by atoms with Crippen molar-refractivity contribution in [3.8, 4) is 0 Å². The minimum atomic E-state index is -3.88. The van der Waals surface area contributed by atoms with Crippen molar-refractivity contribution in [2.45, 2.75) is 22.6 Å². The van der Waals surface area contributed by atoms with Crippen molar-refractivity contribution in [1.82, 2.24) is 4.98 Å². The molecule has 3 aromatic rings. The Labute approximate surface area is 172 Å². The van der Waals surface area contributed by atoms with Crippen LogP contribution in [0, 0.1) is 0 Å². The summed E-state index contributed by atoms with van der Waals surface area (Å²) >= 11 is 1.05. The van der Waals surface area contributed by atoms with Gasteiger partial charge in [-0.15, -0.1) is 0 Å². The SMILES string of the molecule is CS(=O)(=O)c1ccc2nc(NS(=O)(=O)c3ccc(N4CCCC4=O)cc3)sc2c1. The van der Waals surface area contributed by atoms with Crippen LogP contribution >= 0.6 is 11.3 Å². The van der Waals surface area contributed by atoms with Crippen molar-refractivity contribution in [2.24, 2.45) is 0 Å². The Morgan fingerprint density at radius 1 is 1.03 bits per heavy atom. The van der Waals surface area contributed by atoms with Gasteiger partial charge in [-0.2, -0.15) is 0 Å². The molecule has 4 rings (SSSR count). The molecule has 11 heteroatoms. The highest BCUT2D eigenvalue weighted by atomic mass is 32.2. The highest BCUT2D eigenvalue weighted by Crippen LogP contribution is 2.30. The zero-order chi connectivity index (χ0) is 20.8. The number of sulfone groups is 1. The van der Waals surface area contributed by atoms with E-state index in [0.717, 1.165) is 24.0 Å². The Bertz CT molecular complexity index is 1310. The van der Waals surface area contributed by atoms with Crippen molar-refractivity contribution in [1.29, 1.82) is 0 Å². The van der Waals surface area contributed by atoms with Gasteiger partial charge in [0.2, 0.25) is 5.91 Å². The van der Waals surface area contributed by atoms with Gasteiger partial charge in [-0.3, -0.25) is 9.52 Å². The van der Waals surface area contributed by atoms with Gasteiger partial charge in [0.15, 0.2) is 15.0 Å². The molecule has 1 aliphatic rings. The van der Waals surface area contributed by atoms with Gasteiger partial charge in [0.1, 0.15) is 0 Å². The fourth-order valence-electron chi connectivity index (χ4n) is 3.08. The van der Waals surface area contributed by atoms with Crippen LogP contribution in [0.25, 0.3) is 10.2 Å². The molecule has 8 nitrogen and oxygen atoms in total. The first kappa shape index (κ1) is 19.8. The monoisotopic (exact) mass is 451 g/mol. The van der Waals surface area contributed by atoms with Crippen LogP contribution in [0.2, 0.25) is 0 Å². The smallest absolute Gasteiger partial charge is 0.263 e. The second-order valence-electron chi connectivity index (χ2n) is 6.67. The molecule has 0 bridgehead atoms. The standard InChI is InChI=1S/C18H17N3O5S3/c1-28(23,24)14-8-9-15-16(11-14)27-18(19-15)20-29(25,26)13-6-4-12(5-7-13)21-10-2-3-17(21)22/h4-9,11H,2-3,10H2,1H3,(H,19,20). The molecule has 0 atom stereocenters. The van der Waals surface area contributed by atoms with Crippen LogP contribution < -0.4 is 9.62 Å². The Hall–Kier alpha value is -2.50. The highest BCUT2D eigenvalue weighted by molar-refractivity contribution is 7.93. The van der Waals surface area contributed by atoms with E-state index < -0.39 is 19.9 Å². The number of thiazole rings is 1. The fraction of sp³-hybridized carbons (Fsp3) is 0.222. The Morgan fingerprint density at radius 3 is 2.34 bits per heavy atom. The normalized spacial score (nSPS) is 15.2. The van der Waals surface area contributed by atoms with E-state index in [4.69, 9.17) is 0 Å². The summed E-state index contributed by atoms with van der Waals surface area (Å²) < 4.78 is 51.7. The molecule has 0 aliphatic carbocycles. The van der Waals surface area contributed by atoms with Crippen LogP contribution in [-0.4, -0.2) is 40.5 Å². The first-order valence-corrected chi connectivity index (χ1v) is 12.9. The predicted octanol–water partition coefficient (Wildman–Crippen LogP) is 2.63. The Kier molecular flexibility index (Phi) is 4.83. The minimum absolute atomic E-state index is 0.0293. The number of nitrogens with zero attached hydrogens (tertiary/aromatic N) is 2. The van der Waals surface area contributed by atoms with Crippen LogP contribution in [-0.2, 0) is 24.7 Å². The lowest BCUT2D eigenvalue weighted by Gasteiger charge is -2.16. The zero-order valence-corrected chi connectivity index (χ0v) is 17.8. The number of amides is 1. The highest BCUT2D eigenvalue weighted by Gasteiger charge is 2.23. The number of hydrogen-bond acceptors (Lipinski definition) is 7. The lowest BCUT2D eigenvalue weighted by Crippen LogP contribution is -2.23. The van der Waals surface area contributed by atoms with E-state index in [1.807, 2.05) is 0 Å². The summed E-state index contributed by atoms with van der Waals surface area (Å²) in [6.45, 7) is 0.629. The maximum absolute atomic E-state index is 12.7. The number of fused-ring (bicyclic) bond motifs is 1. The lowest BCUT2D eigenvalue weighted by atomic mass is 10.3. The number of hydrogen-bond donors (Lipinski definition) is 1. The fourth-order valence-corrected chi connectivity index (χ4v) is 5.94. The average Bonchev–Trinajstić information content (AvgIpc) is 3.25. The molecule has 1 aromatic heterocycles. The van der Waals surface area contributed by atoms with E-state index in [0.29, 0.717) is 28.9 Å². The molecule has 0 spiro atoms.